The molecule has 0 aliphatic heterocycles. The summed E-state index contributed by atoms with van der Waals surface area (Å²) < 4.78 is 0. The third kappa shape index (κ3) is 2.38. The molecular formula is C11H17ClN2. The molecule has 0 atom stereocenters. The van der Waals surface area contributed by atoms with E-state index in [0.717, 1.165) is 12.1 Å². The number of hydrogen-bond donors (Lipinski definition) is 0. The molecule has 1 aromatic heterocycles. The molecule has 14 heavy (non-hydrogen) atoms. The Labute approximate surface area is 90.9 Å². The Kier molecular flexibility index (Phi) is 4.21. The highest BCUT2D eigenvalue weighted by Crippen LogP contribution is 2.22. The first-order chi connectivity index (χ1) is 6.70. The smallest absolute Gasteiger partial charge is 0.0509 e. The number of nitrogens with zero attached hydrogens (tertiary/aromatic N) is 2. The predicted molar refractivity (Wildman–Crippen MR) is 62.0 cm³/mol. The van der Waals surface area contributed by atoms with E-state index in [9.17, 15) is 0 Å². The van der Waals surface area contributed by atoms with Crippen molar-refractivity contribution < 1.29 is 0 Å². The molecule has 3 heteroatoms. The highest BCUT2D eigenvalue weighted by molar-refractivity contribution is 6.17. The van der Waals surface area contributed by atoms with Crippen molar-refractivity contribution in [2.45, 2.75) is 32.7 Å². The van der Waals surface area contributed by atoms with Crippen LogP contribution in [0.5, 0.6) is 0 Å². The van der Waals surface area contributed by atoms with Crippen LogP contribution >= 0.6 is 11.6 Å². The molecule has 78 valence electrons. The summed E-state index contributed by atoms with van der Waals surface area (Å²) in [6, 6.07) is 2.52. The molecule has 1 aromatic rings. The minimum Gasteiger partial charge on any atom is -0.369 e. The molecule has 0 amide bonds. The van der Waals surface area contributed by atoms with Gasteiger partial charge in [0.1, 0.15) is 0 Å². The number of hydrogen-bond acceptors (Lipinski definition) is 2. The van der Waals surface area contributed by atoms with Crippen LogP contribution in [0.25, 0.3) is 0 Å². The predicted octanol–water partition coefficient (Wildman–Crippen LogP) is 3.06. The van der Waals surface area contributed by atoms with Crippen molar-refractivity contribution in [3.63, 3.8) is 0 Å². The third-order valence-corrected chi connectivity index (χ3v) is 2.58. The summed E-state index contributed by atoms with van der Waals surface area (Å²) >= 11 is 5.87. The first-order valence-electron chi connectivity index (χ1n) is 4.96. The van der Waals surface area contributed by atoms with E-state index in [1.807, 2.05) is 18.5 Å². The Hall–Kier alpha value is -0.760. The fourth-order valence-corrected chi connectivity index (χ4v) is 1.82. The Morgan fingerprint density at radius 2 is 2.21 bits per heavy atom. The molecule has 0 saturated carbocycles. The summed E-state index contributed by atoms with van der Waals surface area (Å²) in [5, 5.41) is 0. The minimum absolute atomic E-state index is 0.490. The molecule has 1 rings (SSSR count). The summed E-state index contributed by atoms with van der Waals surface area (Å²) in [4.78, 5) is 6.40. The molecule has 0 N–H and O–H groups in total. The van der Waals surface area contributed by atoms with Gasteiger partial charge < -0.3 is 4.90 Å². The van der Waals surface area contributed by atoms with Crippen molar-refractivity contribution in [1.29, 1.82) is 0 Å². The number of aromatic nitrogens is 1. The van der Waals surface area contributed by atoms with Crippen LogP contribution in [0.15, 0.2) is 18.5 Å². The van der Waals surface area contributed by atoms with Gasteiger partial charge >= 0.3 is 0 Å². The molecule has 0 bridgehead atoms. The maximum Gasteiger partial charge on any atom is 0.0509 e. The van der Waals surface area contributed by atoms with Gasteiger partial charge in [0.2, 0.25) is 0 Å². The number of rotatable bonds is 4. The molecule has 0 aliphatic rings. The van der Waals surface area contributed by atoms with Crippen molar-refractivity contribution in [3.05, 3.63) is 24.0 Å². The molecule has 0 saturated heterocycles. The van der Waals surface area contributed by atoms with Crippen molar-refractivity contribution in [1.82, 2.24) is 4.98 Å². The van der Waals surface area contributed by atoms with E-state index in [1.165, 1.54) is 5.69 Å². The van der Waals surface area contributed by atoms with Crippen LogP contribution in [0.3, 0.4) is 0 Å². The SMILES string of the molecule is CCN(c1ccncc1CCl)C(C)C. The zero-order valence-electron chi connectivity index (χ0n) is 9.00. The van der Waals surface area contributed by atoms with Crippen LogP contribution in [0.4, 0.5) is 5.69 Å². The second kappa shape index (κ2) is 5.20. The first-order valence-corrected chi connectivity index (χ1v) is 5.49. The molecule has 0 spiro atoms. The molecule has 0 aromatic carbocycles. The van der Waals surface area contributed by atoms with E-state index in [2.05, 4.69) is 30.7 Å². The summed E-state index contributed by atoms with van der Waals surface area (Å²) in [7, 11) is 0. The van der Waals surface area contributed by atoms with Gasteiger partial charge in [0.05, 0.1) is 5.88 Å². The Morgan fingerprint density at radius 3 is 2.71 bits per heavy atom. The van der Waals surface area contributed by atoms with Gasteiger partial charge in [0, 0.05) is 36.2 Å². The molecule has 1 heterocycles. The largest absolute Gasteiger partial charge is 0.369 e. The monoisotopic (exact) mass is 212 g/mol. The lowest BCUT2D eigenvalue weighted by molar-refractivity contribution is 0.700. The lowest BCUT2D eigenvalue weighted by Crippen LogP contribution is -2.31. The minimum atomic E-state index is 0.490. The van der Waals surface area contributed by atoms with Gasteiger partial charge in [-0.2, -0.15) is 0 Å². The van der Waals surface area contributed by atoms with Crippen molar-refractivity contribution in [2.75, 3.05) is 11.4 Å². The highest BCUT2D eigenvalue weighted by Gasteiger charge is 2.11. The second-order valence-corrected chi connectivity index (χ2v) is 3.79. The van der Waals surface area contributed by atoms with E-state index in [4.69, 9.17) is 11.6 Å². The van der Waals surface area contributed by atoms with E-state index in [1.54, 1.807) is 0 Å². The second-order valence-electron chi connectivity index (χ2n) is 3.52. The van der Waals surface area contributed by atoms with Crippen molar-refractivity contribution in [3.8, 4) is 0 Å². The van der Waals surface area contributed by atoms with Gasteiger partial charge in [-0.05, 0) is 26.8 Å². The number of anilines is 1. The standard InChI is InChI=1S/C11H17ClN2/c1-4-14(9(2)3)11-5-6-13-8-10(11)7-12/h5-6,8-9H,4,7H2,1-3H3. The normalized spacial score (nSPS) is 10.6. The quantitative estimate of drug-likeness (QED) is 0.714. The van der Waals surface area contributed by atoms with Crippen LogP contribution in [0.1, 0.15) is 26.3 Å². The van der Waals surface area contributed by atoms with Gasteiger partial charge in [-0.3, -0.25) is 4.98 Å². The lowest BCUT2D eigenvalue weighted by atomic mass is 10.2. The number of alkyl halides is 1. The maximum absolute atomic E-state index is 5.87. The Bertz CT molecular complexity index is 286. The van der Waals surface area contributed by atoms with E-state index >= 15 is 0 Å². The first kappa shape index (κ1) is 11.3. The molecule has 0 radical (unpaired) electrons. The van der Waals surface area contributed by atoms with E-state index in [-0.39, 0.29) is 0 Å². The molecule has 2 nitrogen and oxygen atoms in total. The van der Waals surface area contributed by atoms with Gasteiger partial charge in [0.15, 0.2) is 0 Å². The number of pyridine rings is 1. The van der Waals surface area contributed by atoms with E-state index < -0.39 is 0 Å². The topological polar surface area (TPSA) is 16.1 Å². The van der Waals surface area contributed by atoms with Crippen LogP contribution in [-0.2, 0) is 5.88 Å². The lowest BCUT2D eigenvalue weighted by Gasteiger charge is -2.29. The average molecular weight is 213 g/mol. The van der Waals surface area contributed by atoms with Gasteiger partial charge in [-0.25, -0.2) is 0 Å². The Morgan fingerprint density at radius 1 is 1.50 bits per heavy atom. The van der Waals surface area contributed by atoms with Crippen LogP contribution in [0, 0.1) is 0 Å². The molecular weight excluding hydrogens is 196 g/mol. The van der Waals surface area contributed by atoms with Gasteiger partial charge in [-0.15, -0.1) is 11.6 Å². The highest BCUT2D eigenvalue weighted by atomic mass is 35.5. The fourth-order valence-electron chi connectivity index (χ4n) is 1.62. The fraction of sp³-hybridized carbons (Fsp3) is 0.545. The molecule has 0 fully saturated rings. The average Bonchev–Trinajstić information content (AvgIpc) is 2.19. The number of halogens is 1. The molecule has 0 unspecified atom stereocenters. The summed E-state index contributed by atoms with van der Waals surface area (Å²) in [6.07, 6.45) is 3.66. The summed E-state index contributed by atoms with van der Waals surface area (Å²) in [5.74, 6) is 0.520. The molecule has 0 aliphatic carbocycles. The zero-order valence-corrected chi connectivity index (χ0v) is 9.75. The summed E-state index contributed by atoms with van der Waals surface area (Å²) in [6.45, 7) is 7.51. The van der Waals surface area contributed by atoms with Crippen molar-refractivity contribution in [2.24, 2.45) is 0 Å². The van der Waals surface area contributed by atoms with Gasteiger partial charge in [0.25, 0.3) is 0 Å². The maximum atomic E-state index is 5.87. The summed E-state index contributed by atoms with van der Waals surface area (Å²) in [5.41, 5.74) is 2.30. The van der Waals surface area contributed by atoms with Crippen LogP contribution < -0.4 is 4.90 Å². The van der Waals surface area contributed by atoms with Crippen LogP contribution in [0.2, 0.25) is 0 Å². The van der Waals surface area contributed by atoms with Crippen LogP contribution in [-0.4, -0.2) is 17.6 Å². The van der Waals surface area contributed by atoms with Gasteiger partial charge in [-0.1, -0.05) is 0 Å². The zero-order chi connectivity index (χ0) is 10.6. The Balaban J connectivity index is 3.02. The van der Waals surface area contributed by atoms with Crippen molar-refractivity contribution >= 4 is 17.3 Å². The third-order valence-electron chi connectivity index (χ3n) is 2.30. The van der Waals surface area contributed by atoms with E-state index in [0.29, 0.717) is 11.9 Å².